The van der Waals surface area contributed by atoms with Crippen LogP contribution >= 0.6 is 0 Å². The van der Waals surface area contributed by atoms with E-state index in [0.717, 1.165) is 24.8 Å². The van der Waals surface area contributed by atoms with Gasteiger partial charge in [0.05, 0.1) is 6.20 Å². The SMILES string of the molecule is Cc1cc(C)n(CC(=O)N2CCCC[C@H]2c2ncc(Cc3ccc(F)cc3)o2)c(=O)n1. The van der Waals surface area contributed by atoms with E-state index in [4.69, 9.17) is 4.42 Å². The first-order valence-corrected chi connectivity index (χ1v) is 10.4. The van der Waals surface area contributed by atoms with Crippen LogP contribution in [-0.2, 0) is 17.8 Å². The summed E-state index contributed by atoms with van der Waals surface area (Å²) >= 11 is 0. The van der Waals surface area contributed by atoms with E-state index in [9.17, 15) is 14.0 Å². The van der Waals surface area contributed by atoms with E-state index in [-0.39, 0.29) is 24.3 Å². The highest BCUT2D eigenvalue weighted by molar-refractivity contribution is 5.76. The van der Waals surface area contributed by atoms with Gasteiger partial charge in [-0.3, -0.25) is 9.36 Å². The molecule has 162 valence electrons. The number of nitrogens with zero attached hydrogens (tertiary/aromatic N) is 4. The van der Waals surface area contributed by atoms with Crippen LogP contribution in [0.5, 0.6) is 0 Å². The number of piperidine rings is 1. The van der Waals surface area contributed by atoms with Crippen LogP contribution < -0.4 is 5.69 Å². The van der Waals surface area contributed by atoms with E-state index in [1.165, 1.54) is 16.7 Å². The fraction of sp³-hybridized carbons (Fsp3) is 0.391. The normalized spacial score (nSPS) is 16.5. The predicted molar refractivity (Wildman–Crippen MR) is 112 cm³/mol. The Hall–Kier alpha value is -3.29. The number of oxazole rings is 1. The highest BCUT2D eigenvalue weighted by Gasteiger charge is 2.31. The summed E-state index contributed by atoms with van der Waals surface area (Å²) in [4.78, 5) is 35.5. The van der Waals surface area contributed by atoms with Gasteiger partial charge in [0.15, 0.2) is 0 Å². The lowest BCUT2D eigenvalue weighted by Gasteiger charge is -2.34. The Balaban J connectivity index is 1.51. The van der Waals surface area contributed by atoms with E-state index in [1.54, 1.807) is 43.1 Å². The summed E-state index contributed by atoms with van der Waals surface area (Å²) in [5.41, 5.74) is 1.84. The van der Waals surface area contributed by atoms with Crippen molar-refractivity contribution in [1.29, 1.82) is 0 Å². The summed E-state index contributed by atoms with van der Waals surface area (Å²) in [6.45, 7) is 4.09. The number of aryl methyl sites for hydroxylation is 2. The lowest BCUT2D eigenvalue weighted by atomic mass is 10.0. The van der Waals surface area contributed by atoms with Crippen molar-refractivity contribution in [2.75, 3.05) is 6.54 Å². The highest BCUT2D eigenvalue weighted by atomic mass is 19.1. The van der Waals surface area contributed by atoms with Crippen molar-refractivity contribution in [3.05, 3.63) is 81.4 Å². The standard InChI is InChI=1S/C23H25FN4O3/c1-15-11-16(2)28(23(30)26-15)14-21(29)27-10-4-3-5-20(27)22-25-13-19(31-22)12-17-6-8-18(24)9-7-17/h6-9,11,13,20H,3-5,10,12,14H2,1-2H3/t20-/m0/s1. The lowest BCUT2D eigenvalue weighted by molar-refractivity contribution is -0.136. The summed E-state index contributed by atoms with van der Waals surface area (Å²) in [7, 11) is 0. The molecular weight excluding hydrogens is 399 g/mol. The van der Waals surface area contributed by atoms with Crippen LogP contribution in [0.4, 0.5) is 4.39 Å². The molecule has 8 heteroatoms. The van der Waals surface area contributed by atoms with Crippen molar-refractivity contribution < 1.29 is 13.6 Å². The van der Waals surface area contributed by atoms with E-state index in [0.29, 0.717) is 36.0 Å². The number of hydrogen-bond donors (Lipinski definition) is 0. The molecule has 3 aromatic rings. The third-order valence-corrected chi connectivity index (χ3v) is 5.61. The van der Waals surface area contributed by atoms with Crippen molar-refractivity contribution >= 4 is 5.91 Å². The molecule has 0 unspecified atom stereocenters. The van der Waals surface area contributed by atoms with Crippen LogP contribution in [0.25, 0.3) is 0 Å². The number of likely N-dealkylation sites (tertiary alicyclic amines) is 1. The Morgan fingerprint density at radius 2 is 2.00 bits per heavy atom. The van der Waals surface area contributed by atoms with E-state index in [1.807, 2.05) is 0 Å². The minimum Gasteiger partial charge on any atom is -0.443 e. The first kappa shape index (κ1) is 21.0. The van der Waals surface area contributed by atoms with E-state index in [2.05, 4.69) is 9.97 Å². The molecule has 2 aromatic heterocycles. The number of carbonyl (C=O) groups is 1. The molecule has 0 N–H and O–H groups in total. The molecule has 31 heavy (non-hydrogen) atoms. The predicted octanol–water partition coefficient (Wildman–Crippen LogP) is 3.33. The monoisotopic (exact) mass is 424 g/mol. The zero-order valence-electron chi connectivity index (χ0n) is 17.7. The van der Waals surface area contributed by atoms with Gasteiger partial charge in [0, 0.05) is 24.4 Å². The van der Waals surface area contributed by atoms with Gasteiger partial charge in [-0.2, -0.15) is 4.98 Å². The number of aromatic nitrogens is 3. The zero-order valence-corrected chi connectivity index (χ0v) is 17.7. The first-order chi connectivity index (χ1) is 14.9. The molecule has 0 bridgehead atoms. The number of halogens is 1. The molecule has 7 nitrogen and oxygen atoms in total. The molecule has 1 amide bonds. The molecular formula is C23H25FN4O3. The van der Waals surface area contributed by atoms with Crippen molar-refractivity contribution in [1.82, 2.24) is 19.4 Å². The van der Waals surface area contributed by atoms with Gasteiger partial charge in [-0.1, -0.05) is 12.1 Å². The smallest absolute Gasteiger partial charge is 0.348 e. The van der Waals surface area contributed by atoms with Crippen LogP contribution in [0.2, 0.25) is 0 Å². The second-order valence-corrected chi connectivity index (χ2v) is 7.97. The molecule has 0 spiro atoms. The Morgan fingerprint density at radius 1 is 1.23 bits per heavy atom. The summed E-state index contributed by atoms with van der Waals surface area (Å²) in [6.07, 6.45) is 4.77. The summed E-state index contributed by atoms with van der Waals surface area (Å²) in [5.74, 6) is 0.723. The Bertz CT molecular complexity index is 1140. The largest absolute Gasteiger partial charge is 0.443 e. The van der Waals surface area contributed by atoms with Crippen LogP contribution in [0.3, 0.4) is 0 Å². The van der Waals surface area contributed by atoms with Crippen molar-refractivity contribution in [2.45, 2.75) is 52.1 Å². The maximum absolute atomic E-state index is 13.1. The number of rotatable bonds is 5. The second kappa shape index (κ2) is 8.83. The minimum atomic E-state index is -0.419. The molecule has 1 saturated heterocycles. The fourth-order valence-electron chi connectivity index (χ4n) is 4.04. The molecule has 3 heterocycles. The average molecular weight is 424 g/mol. The van der Waals surface area contributed by atoms with E-state index < -0.39 is 5.69 Å². The van der Waals surface area contributed by atoms with Crippen molar-refractivity contribution in [3.63, 3.8) is 0 Å². The van der Waals surface area contributed by atoms with Crippen molar-refractivity contribution in [3.8, 4) is 0 Å². The molecule has 1 fully saturated rings. The average Bonchev–Trinajstić information content (AvgIpc) is 3.20. The van der Waals surface area contributed by atoms with Gasteiger partial charge in [0.2, 0.25) is 11.8 Å². The second-order valence-electron chi connectivity index (χ2n) is 7.97. The number of carbonyl (C=O) groups excluding carboxylic acids is 1. The Morgan fingerprint density at radius 3 is 2.74 bits per heavy atom. The summed E-state index contributed by atoms with van der Waals surface area (Å²) < 4.78 is 20.5. The Labute approximate surface area is 179 Å². The van der Waals surface area contributed by atoms with Gasteiger partial charge >= 0.3 is 5.69 Å². The molecule has 0 saturated carbocycles. The van der Waals surface area contributed by atoms with Gasteiger partial charge < -0.3 is 9.32 Å². The molecule has 1 aliphatic heterocycles. The first-order valence-electron chi connectivity index (χ1n) is 10.4. The molecule has 1 aliphatic rings. The third kappa shape index (κ3) is 4.73. The van der Waals surface area contributed by atoms with Gasteiger partial charge in [-0.25, -0.2) is 14.2 Å². The molecule has 1 atom stereocenters. The third-order valence-electron chi connectivity index (χ3n) is 5.61. The van der Waals surface area contributed by atoms with Gasteiger partial charge in [0.1, 0.15) is 24.2 Å². The summed E-state index contributed by atoms with van der Waals surface area (Å²) in [5, 5.41) is 0. The van der Waals surface area contributed by atoms with Crippen LogP contribution in [-0.4, -0.2) is 31.9 Å². The molecule has 4 rings (SSSR count). The molecule has 0 radical (unpaired) electrons. The highest BCUT2D eigenvalue weighted by Crippen LogP contribution is 2.31. The van der Waals surface area contributed by atoms with Crippen molar-refractivity contribution in [2.24, 2.45) is 0 Å². The Kier molecular flexibility index (Phi) is 5.97. The molecule has 1 aromatic carbocycles. The maximum atomic E-state index is 13.1. The van der Waals surface area contributed by atoms with Gasteiger partial charge in [-0.05, 0) is 56.9 Å². The molecule has 0 aliphatic carbocycles. The van der Waals surface area contributed by atoms with Crippen LogP contribution in [0.1, 0.15) is 53.9 Å². The number of benzene rings is 1. The maximum Gasteiger partial charge on any atom is 0.348 e. The summed E-state index contributed by atoms with van der Waals surface area (Å²) in [6, 6.07) is 7.78. The fourth-order valence-corrected chi connectivity index (χ4v) is 4.04. The lowest BCUT2D eigenvalue weighted by Crippen LogP contribution is -2.42. The quantitative estimate of drug-likeness (QED) is 0.628. The van der Waals surface area contributed by atoms with Gasteiger partial charge in [-0.15, -0.1) is 0 Å². The van der Waals surface area contributed by atoms with E-state index >= 15 is 0 Å². The number of amides is 1. The van der Waals surface area contributed by atoms with Crippen LogP contribution in [0.15, 0.2) is 45.7 Å². The van der Waals surface area contributed by atoms with Gasteiger partial charge in [0.25, 0.3) is 0 Å². The minimum absolute atomic E-state index is 0.0579. The topological polar surface area (TPSA) is 81.2 Å². The number of hydrogen-bond acceptors (Lipinski definition) is 5. The zero-order chi connectivity index (χ0) is 22.0. The van der Waals surface area contributed by atoms with Crippen LogP contribution in [0, 0.1) is 19.7 Å².